The highest BCUT2D eigenvalue weighted by atomic mass is 35.5. The Balaban J connectivity index is 1.78. The smallest absolute Gasteiger partial charge is 0.343 e. The van der Waals surface area contributed by atoms with Crippen LogP contribution in [0, 0.1) is 0 Å². The Hall–Kier alpha value is -2.40. The molecule has 0 heterocycles. The summed E-state index contributed by atoms with van der Waals surface area (Å²) < 4.78 is 9.90. The first-order valence-corrected chi connectivity index (χ1v) is 10.2. The Morgan fingerprint density at radius 3 is 2.17 bits per heavy atom. The lowest BCUT2D eigenvalue weighted by atomic mass is 9.98. The van der Waals surface area contributed by atoms with Crippen molar-refractivity contribution < 1.29 is 19.4 Å². The molecular formula is C23H19Cl3O4. The van der Waals surface area contributed by atoms with Gasteiger partial charge in [0.25, 0.3) is 0 Å². The summed E-state index contributed by atoms with van der Waals surface area (Å²) in [7, 11) is 1.29. The number of hydrogen-bond acceptors (Lipinski definition) is 4. The second-order valence-corrected chi connectivity index (χ2v) is 7.92. The number of carbonyl (C=O) groups excluding carboxylic acids is 1. The van der Waals surface area contributed by atoms with Gasteiger partial charge in [-0.15, -0.1) is 0 Å². The standard InChI is InChI=1S/C23H19Cl3O4/c1-29-23(28)13-30-18-11-20(25)19(21(26)12-18)10-15-4-7-22(27)16(9-15)8-14-2-5-17(24)6-3-14/h2-7,9,11-12,27H,8,10,13H2,1H3. The molecule has 4 nitrogen and oxygen atoms in total. The number of ether oxygens (including phenoxy) is 2. The molecule has 7 heteroatoms. The number of halogens is 3. The van der Waals surface area contributed by atoms with Crippen molar-refractivity contribution in [3.8, 4) is 11.5 Å². The summed E-state index contributed by atoms with van der Waals surface area (Å²) in [6.07, 6.45) is 1.04. The van der Waals surface area contributed by atoms with Crippen LogP contribution in [0.25, 0.3) is 0 Å². The number of methoxy groups -OCH3 is 1. The van der Waals surface area contributed by atoms with Gasteiger partial charge in [-0.2, -0.15) is 0 Å². The van der Waals surface area contributed by atoms with Crippen molar-refractivity contribution in [2.75, 3.05) is 13.7 Å². The van der Waals surface area contributed by atoms with E-state index in [1.165, 1.54) is 7.11 Å². The first-order valence-electron chi connectivity index (χ1n) is 9.08. The molecule has 0 spiro atoms. The van der Waals surface area contributed by atoms with Gasteiger partial charge in [-0.05, 0) is 52.6 Å². The lowest BCUT2D eigenvalue weighted by Gasteiger charge is -2.13. The second-order valence-electron chi connectivity index (χ2n) is 6.67. The van der Waals surface area contributed by atoms with Gasteiger partial charge in [0.1, 0.15) is 11.5 Å². The fourth-order valence-electron chi connectivity index (χ4n) is 2.95. The molecule has 0 aliphatic heterocycles. The highest BCUT2D eigenvalue weighted by Gasteiger charge is 2.13. The van der Waals surface area contributed by atoms with Gasteiger partial charge in [0, 0.05) is 27.9 Å². The average Bonchev–Trinajstić information content (AvgIpc) is 2.72. The zero-order chi connectivity index (χ0) is 21.7. The molecule has 30 heavy (non-hydrogen) atoms. The molecule has 0 unspecified atom stereocenters. The van der Waals surface area contributed by atoms with E-state index in [9.17, 15) is 9.90 Å². The van der Waals surface area contributed by atoms with Gasteiger partial charge in [0.2, 0.25) is 0 Å². The van der Waals surface area contributed by atoms with E-state index in [-0.39, 0.29) is 12.4 Å². The average molecular weight is 466 g/mol. The van der Waals surface area contributed by atoms with Crippen molar-refractivity contribution in [3.05, 3.63) is 91.9 Å². The molecule has 3 aromatic rings. The van der Waals surface area contributed by atoms with E-state index >= 15 is 0 Å². The predicted molar refractivity (Wildman–Crippen MR) is 119 cm³/mol. The quantitative estimate of drug-likeness (QED) is 0.429. The van der Waals surface area contributed by atoms with Crippen LogP contribution in [0.5, 0.6) is 11.5 Å². The molecule has 0 aromatic heterocycles. The maximum atomic E-state index is 11.2. The van der Waals surface area contributed by atoms with Gasteiger partial charge in [-0.1, -0.05) is 59.1 Å². The molecule has 0 aliphatic carbocycles. The van der Waals surface area contributed by atoms with E-state index in [0.29, 0.717) is 33.7 Å². The van der Waals surface area contributed by atoms with Crippen molar-refractivity contribution in [1.29, 1.82) is 0 Å². The Bertz CT molecular complexity index is 1030. The minimum Gasteiger partial charge on any atom is -0.508 e. The summed E-state index contributed by atoms with van der Waals surface area (Å²) in [5, 5.41) is 11.8. The van der Waals surface area contributed by atoms with Gasteiger partial charge in [-0.3, -0.25) is 0 Å². The topological polar surface area (TPSA) is 55.8 Å². The molecule has 156 valence electrons. The number of phenols is 1. The third-order valence-corrected chi connectivity index (χ3v) is 5.46. The van der Waals surface area contributed by atoms with Gasteiger partial charge >= 0.3 is 5.97 Å². The molecule has 0 bridgehead atoms. The molecule has 0 radical (unpaired) electrons. The fourth-order valence-corrected chi connectivity index (χ4v) is 3.68. The van der Waals surface area contributed by atoms with E-state index in [4.69, 9.17) is 39.5 Å². The Labute approximate surface area is 189 Å². The highest BCUT2D eigenvalue weighted by molar-refractivity contribution is 6.36. The van der Waals surface area contributed by atoms with Crippen LogP contribution in [-0.2, 0) is 22.4 Å². The van der Waals surface area contributed by atoms with Crippen LogP contribution in [0.2, 0.25) is 15.1 Å². The van der Waals surface area contributed by atoms with Crippen LogP contribution < -0.4 is 4.74 Å². The van der Waals surface area contributed by atoms with Crippen molar-refractivity contribution in [2.24, 2.45) is 0 Å². The van der Waals surface area contributed by atoms with Crippen LogP contribution in [0.15, 0.2) is 54.6 Å². The number of phenolic OH excluding ortho intramolecular Hbond substituents is 1. The number of aromatic hydroxyl groups is 1. The van der Waals surface area contributed by atoms with Gasteiger partial charge in [0.05, 0.1) is 7.11 Å². The second kappa shape index (κ2) is 10.1. The van der Waals surface area contributed by atoms with Crippen LogP contribution >= 0.6 is 34.8 Å². The summed E-state index contributed by atoms with van der Waals surface area (Å²) in [6.45, 7) is -0.228. The molecule has 0 fully saturated rings. The monoisotopic (exact) mass is 464 g/mol. The zero-order valence-electron chi connectivity index (χ0n) is 16.1. The van der Waals surface area contributed by atoms with Gasteiger partial charge in [0.15, 0.2) is 6.61 Å². The maximum absolute atomic E-state index is 11.2. The summed E-state index contributed by atoms with van der Waals surface area (Å²) in [6, 6.07) is 16.1. The van der Waals surface area contributed by atoms with E-state index in [1.54, 1.807) is 18.2 Å². The molecule has 0 saturated heterocycles. The first kappa shape index (κ1) is 22.3. The summed E-state index contributed by atoms with van der Waals surface area (Å²) >= 11 is 18.8. The van der Waals surface area contributed by atoms with E-state index < -0.39 is 5.97 Å². The lowest BCUT2D eigenvalue weighted by Crippen LogP contribution is -2.12. The Morgan fingerprint density at radius 1 is 0.900 bits per heavy atom. The lowest BCUT2D eigenvalue weighted by molar-refractivity contribution is -0.142. The predicted octanol–water partition coefficient (Wildman–Crippen LogP) is 6.09. The van der Waals surface area contributed by atoms with Crippen molar-refractivity contribution in [1.82, 2.24) is 0 Å². The Morgan fingerprint density at radius 2 is 1.53 bits per heavy atom. The molecule has 3 rings (SSSR count). The van der Waals surface area contributed by atoms with Crippen LogP contribution in [-0.4, -0.2) is 24.8 Å². The summed E-state index contributed by atoms with van der Waals surface area (Å²) in [5.41, 5.74) is 3.51. The third kappa shape index (κ3) is 5.82. The molecular weight excluding hydrogens is 447 g/mol. The molecule has 1 N–H and O–H groups in total. The molecule has 0 atom stereocenters. The van der Waals surface area contributed by atoms with Gasteiger partial charge < -0.3 is 14.6 Å². The minimum absolute atomic E-state index is 0.220. The molecule has 0 amide bonds. The number of carbonyl (C=O) groups is 1. The molecule has 3 aromatic carbocycles. The van der Waals surface area contributed by atoms with E-state index in [2.05, 4.69) is 4.74 Å². The molecule has 0 aliphatic rings. The number of esters is 1. The maximum Gasteiger partial charge on any atom is 0.343 e. The number of hydrogen-bond donors (Lipinski definition) is 1. The van der Waals surface area contributed by atoms with Crippen molar-refractivity contribution in [3.63, 3.8) is 0 Å². The number of benzene rings is 3. The van der Waals surface area contributed by atoms with Gasteiger partial charge in [-0.25, -0.2) is 4.79 Å². The minimum atomic E-state index is -0.497. The van der Waals surface area contributed by atoms with Crippen molar-refractivity contribution in [2.45, 2.75) is 12.8 Å². The van der Waals surface area contributed by atoms with Crippen LogP contribution in [0.4, 0.5) is 0 Å². The zero-order valence-corrected chi connectivity index (χ0v) is 18.4. The highest BCUT2D eigenvalue weighted by Crippen LogP contribution is 2.33. The van der Waals surface area contributed by atoms with Crippen LogP contribution in [0.1, 0.15) is 22.3 Å². The van der Waals surface area contributed by atoms with E-state index in [0.717, 1.165) is 22.3 Å². The number of rotatable bonds is 7. The van der Waals surface area contributed by atoms with E-state index in [1.807, 2.05) is 36.4 Å². The normalized spacial score (nSPS) is 10.7. The fraction of sp³-hybridized carbons (Fsp3) is 0.174. The first-order chi connectivity index (χ1) is 14.4. The molecule has 0 saturated carbocycles. The summed E-state index contributed by atoms with van der Waals surface area (Å²) in [5.74, 6) is 0.106. The van der Waals surface area contributed by atoms with Crippen molar-refractivity contribution >= 4 is 40.8 Å². The van der Waals surface area contributed by atoms with Crippen LogP contribution in [0.3, 0.4) is 0 Å². The third-order valence-electron chi connectivity index (χ3n) is 4.53. The largest absolute Gasteiger partial charge is 0.508 e. The Kier molecular flexibility index (Phi) is 7.48. The SMILES string of the molecule is COC(=O)COc1cc(Cl)c(Cc2ccc(O)c(Cc3ccc(Cl)cc3)c2)c(Cl)c1. The summed E-state index contributed by atoms with van der Waals surface area (Å²) in [4.78, 5) is 11.2.